The highest BCUT2D eigenvalue weighted by atomic mass is 32.2. The number of carbonyl (C=O) groups is 1. The maximum atomic E-state index is 13.5. The molecule has 0 bridgehead atoms. The molecule has 1 aliphatic carbocycles. The highest BCUT2D eigenvalue weighted by Crippen LogP contribution is 2.40. The first kappa shape index (κ1) is 19.9. The van der Waals surface area contributed by atoms with Crippen LogP contribution in [0.15, 0.2) is 12.3 Å². The molecule has 162 valence electrons. The monoisotopic (exact) mass is 431 g/mol. The van der Waals surface area contributed by atoms with Crippen molar-refractivity contribution in [3.8, 4) is 0 Å². The van der Waals surface area contributed by atoms with Gasteiger partial charge in [0.1, 0.15) is 0 Å². The molecule has 4 heterocycles. The Bertz CT molecular complexity index is 1080. The molecule has 9 heteroatoms. The van der Waals surface area contributed by atoms with E-state index in [0.29, 0.717) is 31.0 Å². The lowest BCUT2D eigenvalue weighted by Gasteiger charge is -2.37. The van der Waals surface area contributed by atoms with Gasteiger partial charge in [0.2, 0.25) is 0 Å². The van der Waals surface area contributed by atoms with E-state index in [4.69, 9.17) is 4.98 Å². The minimum absolute atomic E-state index is 0.0336. The van der Waals surface area contributed by atoms with Crippen molar-refractivity contribution in [1.82, 2.24) is 24.6 Å². The summed E-state index contributed by atoms with van der Waals surface area (Å²) in [6.45, 7) is 6.83. The molecule has 30 heavy (non-hydrogen) atoms. The van der Waals surface area contributed by atoms with Crippen LogP contribution in [-0.4, -0.2) is 82.6 Å². The molecular weight excluding hydrogens is 402 g/mol. The van der Waals surface area contributed by atoms with Crippen LogP contribution in [0.5, 0.6) is 0 Å². The second-order valence-corrected chi connectivity index (χ2v) is 11.4. The van der Waals surface area contributed by atoms with Crippen molar-refractivity contribution in [2.45, 2.75) is 51.1 Å². The van der Waals surface area contributed by atoms with Crippen molar-refractivity contribution in [3.05, 3.63) is 23.5 Å². The van der Waals surface area contributed by atoms with Crippen molar-refractivity contribution >= 4 is 26.8 Å². The van der Waals surface area contributed by atoms with Crippen LogP contribution in [-0.2, 0) is 9.84 Å². The number of amides is 1. The number of sulfone groups is 1. The highest BCUT2D eigenvalue weighted by molar-refractivity contribution is 7.91. The quantitative estimate of drug-likeness (QED) is 0.734. The Morgan fingerprint density at radius 2 is 1.87 bits per heavy atom. The Morgan fingerprint density at radius 1 is 1.13 bits per heavy atom. The van der Waals surface area contributed by atoms with Gasteiger partial charge in [-0.3, -0.25) is 9.69 Å². The van der Waals surface area contributed by atoms with E-state index in [1.54, 1.807) is 6.20 Å². The number of nitrogens with zero attached hydrogens (tertiary/aromatic N) is 5. The summed E-state index contributed by atoms with van der Waals surface area (Å²) in [4.78, 5) is 22.5. The van der Waals surface area contributed by atoms with Crippen LogP contribution >= 0.6 is 0 Å². The van der Waals surface area contributed by atoms with E-state index in [1.165, 1.54) is 0 Å². The molecule has 1 unspecified atom stereocenters. The van der Waals surface area contributed by atoms with Crippen LogP contribution in [0.25, 0.3) is 11.0 Å². The van der Waals surface area contributed by atoms with Gasteiger partial charge in [-0.15, -0.1) is 0 Å². The Morgan fingerprint density at radius 3 is 2.47 bits per heavy atom. The second kappa shape index (κ2) is 7.30. The Kier molecular flexibility index (Phi) is 4.85. The molecule has 2 aromatic rings. The molecule has 0 aromatic carbocycles. The molecule has 1 saturated carbocycles. The molecule has 2 saturated heterocycles. The maximum Gasteiger partial charge on any atom is 0.254 e. The minimum atomic E-state index is -2.89. The topological polar surface area (TPSA) is 88.4 Å². The third-order valence-corrected chi connectivity index (χ3v) is 8.38. The van der Waals surface area contributed by atoms with Crippen LogP contribution in [0, 0.1) is 0 Å². The van der Waals surface area contributed by atoms with Crippen molar-refractivity contribution < 1.29 is 13.2 Å². The number of aromatic nitrogens is 3. The molecular formula is C21H29N5O3S. The summed E-state index contributed by atoms with van der Waals surface area (Å²) in [6, 6.07) is 2.26. The predicted octanol–water partition coefficient (Wildman–Crippen LogP) is 1.83. The van der Waals surface area contributed by atoms with Crippen molar-refractivity contribution in [1.29, 1.82) is 0 Å². The van der Waals surface area contributed by atoms with E-state index in [0.717, 1.165) is 42.7 Å². The van der Waals surface area contributed by atoms with Crippen LogP contribution in [0.1, 0.15) is 61.1 Å². The molecule has 8 nitrogen and oxygen atoms in total. The first-order valence-electron chi connectivity index (χ1n) is 10.9. The summed E-state index contributed by atoms with van der Waals surface area (Å²) >= 11 is 0. The summed E-state index contributed by atoms with van der Waals surface area (Å²) in [5, 5.41) is 5.32. The zero-order chi connectivity index (χ0) is 21.0. The van der Waals surface area contributed by atoms with E-state index in [9.17, 15) is 13.2 Å². The molecule has 1 atom stereocenters. The first-order valence-corrected chi connectivity index (χ1v) is 12.8. The number of rotatable bonds is 4. The van der Waals surface area contributed by atoms with Crippen LogP contribution in [0.3, 0.4) is 0 Å². The van der Waals surface area contributed by atoms with E-state index in [1.807, 2.05) is 15.6 Å². The van der Waals surface area contributed by atoms with Crippen LogP contribution in [0.2, 0.25) is 0 Å². The predicted molar refractivity (Wildman–Crippen MR) is 114 cm³/mol. The summed E-state index contributed by atoms with van der Waals surface area (Å²) in [5.41, 5.74) is 2.50. The van der Waals surface area contributed by atoms with Crippen LogP contribution < -0.4 is 0 Å². The fourth-order valence-electron chi connectivity index (χ4n) is 4.70. The molecule has 3 aliphatic rings. The Balaban J connectivity index is 1.37. The van der Waals surface area contributed by atoms with E-state index < -0.39 is 9.84 Å². The largest absolute Gasteiger partial charge is 0.336 e. The van der Waals surface area contributed by atoms with Gasteiger partial charge in [-0.05, 0) is 39.2 Å². The standard InChI is InChI=1S/C21H29N5O3S/c1-14(2)26-20-18(12-22-26)17(11-19(23-20)15-3-4-15)21(27)25-8-6-24(7-9-25)16-5-10-30(28,29)13-16/h11-12,14-16H,3-10,13H2,1-2H3. The molecule has 2 aliphatic heterocycles. The molecule has 1 amide bonds. The number of hydrogen-bond acceptors (Lipinski definition) is 6. The van der Waals surface area contributed by atoms with Gasteiger partial charge in [0.25, 0.3) is 5.91 Å². The van der Waals surface area contributed by atoms with Gasteiger partial charge < -0.3 is 4.90 Å². The van der Waals surface area contributed by atoms with Gasteiger partial charge in [0.15, 0.2) is 15.5 Å². The van der Waals surface area contributed by atoms with Gasteiger partial charge in [-0.1, -0.05) is 0 Å². The van der Waals surface area contributed by atoms with E-state index >= 15 is 0 Å². The lowest BCUT2D eigenvalue weighted by atomic mass is 10.1. The number of pyridine rings is 1. The number of carbonyl (C=O) groups excluding carboxylic acids is 1. The number of hydrogen-bond donors (Lipinski definition) is 0. The van der Waals surface area contributed by atoms with Gasteiger partial charge in [0.05, 0.1) is 28.7 Å². The van der Waals surface area contributed by atoms with E-state index in [-0.39, 0.29) is 29.5 Å². The van der Waals surface area contributed by atoms with Gasteiger partial charge in [-0.25, -0.2) is 18.1 Å². The Labute approximate surface area is 177 Å². The third kappa shape index (κ3) is 3.62. The highest BCUT2D eigenvalue weighted by Gasteiger charge is 2.35. The van der Waals surface area contributed by atoms with Crippen LogP contribution in [0.4, 0.5) is 0 Å². The molecule has 2 aromatic heterocycles. The summed E-state index contributed by atoms with van der Waals surface area (Å²) < 4.78 is 25.5. The maximum absolute atomic E-state index is 13.5. The number of fused-ring (bicyclic) bond motifs is 1. The average molecular weight is 432 g/mol. The molecule has 3 fully saturated rings. The Hall–Kier alpha value is -2.00. The normalized spacial score (nSPS) is 24.8. The molecule has 0 N–H and O–H groups in total. The van der Waals surface area contributed by atoms with E-state index in [2.05, 4.69) is 23.8 Å². The summed E-state index contributed by atoms with van der Waals surface area (Å²) in [6.07, 6.45) is 4.74. The summed E-state index contributed by atoms with van der Waals surface area (Å²) in [7, 11) is -2.89. The zero-order valence-corrected chi connectivity index (χ0v) is 18.4. The SMILES string of the molecule is CC(C)n1ncc2c(C(=O)N3CCN(C4CCS(=O)(=O)C4)CC3)cc(C3CC3)nc21. The van der Waals surface area contributed by atoms with Gasteiger partial charge in [-0.2, -0.15) is 5.10 Å². The fourth-order valence-corrected chi connectivity index (χ4v) is 6.47. The summed E-state index contributed by atoms with van der Waals surface area (Å²) in [5.74, 6) is 1.03. The number of piperazine rings is 1. The molecule has 0 radical (unpaired) electrons. The van der Waals surface area contributed by atoms with Gasteiger partial charge in [0, 0.05) is 49.9 Å². The fraction of sp³-hybridized carbons (Fsp3) is 0.667. The second-order valence-electron chi connectivity index (χ2n) is 9.17. The third-order valence-electron chi connectivity index (χ3n) is 6.63. The zero-order valence-electron chi connectivity index (χ0n) is 17.6. The van der Waals surface area contributed by atoms with Crippen molar-refractivity contribution in [2.24, 2.45) is 0 Å². The first-order chi connectivity index (χ1) is 14.3. The minimum Gasteiger partial charge on any atom is -0.336 e. The smallest absolute Gasteiger partial charge is 0.254 e. The van der Waals surface area contributed by atoms with Crippen molar-refractivity contribution in [2.75, 3.05) is 37.7 Å². The lowest BCUT2D eigenvalue weighted by Crippen LogP contribution is -2.52. The van der Waals surface area contributed by atoms with Crippen molar-refractivity contribution in [3.63, 3.8) is 0 Å². The molecule has 5 rings (SSSR count). The lowest BCUT2D eigenvalue weighted by molar-refractivity contribution is 0.0589. The molecule has 0 spiro atoms. The van der Waals surface area contributed by atoms with Gasteiger partial charge >= 0.3 is 0 Å². The average Bonchev–Trinajstić information content (AvgIpc) is 3.38.